The van der Waals surface area contributed by atoms with E-state index < -0.39 is 35.2 Å². The van der Waals surface area contributed by atoms with Crippen LogP contribution in [0.1, 0.15) is 40.2 Å². The third-order valence-corrected chi connectivity index (χ3v) is 3.25. The summed E-state index contributed by atoms with van der Waals surface area (Å²) in [6.45, 7) is -0.326. The number of aromatic nitrogens is 2. The van der Waals surface area contributed by atoms with Gasteiger partial charge in [0.1, 0.15) is 11.4 Å². The Balaban J connectivity index is 2.43. The number of nitrogens with zero attached hydrogens (tertiary/aromatic N) is 2. The zero-order chi connectivity index (χ0) is 16.4. The third-order valence-electron chi connectivity index (χ3n) is 2.86. The molecule has 1 aromatic heterocycles. The molecule has 4 nitrogen and oxygen atoms in total. The number of hydrogen-bond acceptors (Lipinski definition) is 3. The van der Waals surface area contributed by atoms with Gasteiger partial charge in [-0.05, 0) is 17.2 Å². The lowest BCUT2D eigenvalue weighted by Crippen LogP contribution is -2.22. The second-order valence-electron chi connectivity index (χ2n) is 4.33. The lowest BCUT2D eigenvalue weighted by molar-refractivity contribution is -0.255. The van der Waals surface area contributed by atoms with Crippen LogP contribution in [-0.2, 0) is 6.54 Å². The maximum atomic E-state index is 13.0. The maximum Gasteiger partial charge on any atom is 0.283 e. The van der Waals surface area contributed by atoms with Gasteiger partial charge in [0, 0.05) is 0 Å². The maximum absolute atomic E-state index is 13.0. The number of carboxylic acids is 1. The van der Waals surface area contributed by atoms with Gasteiger partial charge in [-0.15, -0.1) is 0 Å². The van der Waals surface area contributed by atoms with E-state index >= 15 is 0 Å². The molecule has 0 spiro atoms. The standard InChI is InChI=1S/C13H9ClF4N2O2/c14-8-9(11(15)16)19-20(10(8)12(17)18)5-6-2-1-3-7(4-6)13(21)22/h1-4,11-12H,5H2,(H,21,22)/p-1. The predicted octanol–water partition coefficient (Wildman–Crippen LogP) is 2.82. The Morgan fingerprint density at radius 2 is 1.95 bits per heavy atom. The van der Waals surface area contributed by atoms with Crippen molar-refractivity contribution in [2.75, 3.05) is 0 Å². The van der Waals surface area contributed by atoms with Gasteiger partial charge in [-0.3, -0.25) is 4.68 Å². The summed E-state index contributed by atoms with van der Waals surface area (Å²) in [5.74, 6) is -1.44. The van der Waals surface area contributed by atoms with Gasteiger partial charge in [-0.2, -0.15) is 5.10 Å². The molecule has 118 valence electrons. The molecular weight excluding hydrogens is 328 g/mol. The first kappa shape index (κ1) is 16.3. The summed E-state index contributed by atoms with van der Waals surface area (Å²) >= 11 is 5.52. The summed E-state index contributed by atoms with van der Waals surface area (Å²) in [5.41, 5.74) is -1.66. The van der Waals surface area contributed by atoms with Crippen LogP contribution in [0.2, 0.25) is 5.02 Å². The van der Waals surface area contributed by atoms with Crippen molar-refractivity contribution in [1.82, 2.24) is 9.78 Å². The first-order valence-electron chi connectivity index (χ1n) is 5.94. The van der Waals surface area contributed by atoms with E-state index in [1.54, 1.807) is 0 Å². The van der Waals surface area contributed by atoms with Gasteiger partial charge in [0.15, 0.2) is 0 Å². The molecule has 0 unspecified atom stereocenters. The highest BCUT2D eigenvalue weighted by atomic mass is 35.5. The first-order chi connectivity index (χ1) is 10.3. The van der Waals surface area contributed by atoms with E-state index in [-0.39, 0.29) is 17.7 Å². The Morgan fingerprint density at radius 3 is 2.50 bits per heavy atom. The third kappa shape index (κ3) is 3.22. The average Bonchev–Trinajstić information content (AvgIpc) is 2.76. The zero-order valence-corrected chi connectivity index (χ0v) is 11.5. The molecule has 0 fully saturated rings. The highest BCUT2D eigenvalue weighted by Gasteiger charge is 2.27. The summed E-state index contributed by atoms with van der Waals surface area (Å²) in [4.78, 5) is 10.8. The van der Waals surface area contributed by atoms with Gasteiger partial charge in [-0.25, -0.2) is 17.6 Å². The Morgan fingerprint density at radius 1 is 1.27 bits per heavy atom. The van der Waals surface area contributed by atoms with Crippen molar-refractivity contribution in [3.8, 4) is 0 Å². The molecule has 0 saturated heterocycles. The normalized spacial score (nSPS) is 11.4. The molecule has 0 amide bonds. The Hall–Kier alpha value is -2.09. The molecule has 0 radical (unpaired) electrons. The molecular formula is C13H8ClF4N2O2-. The van der Waals surface area contributed by atoms with E-state index in [4.69, 9.17) is 11.6 Å². The van der Waals surface area contributed by atoms with Gasteiger partial charge < -0.3 is 9.90 Å². The van der Waals surface area contributed by atoms with E-state index in [2.05, 4.69) is 5.10 Å². The molecule has 0 saturated carbocycles. The number of aromatic carboxylic acids is 1. The predicted molar refractivity (Wildman–Crippen MR) is 67.0 cm³/mol. The highest BCUT2D eigenvalue weighted by molar-refractivity contribution is 6.32. The summed E-state index contributed by atoms with van der Waals surface area (Å²) < 4.78 is 52.0. The van der Waals surface area contributed by atoms with Crippen LogP contribution in [0.15, 0.2) is 24.3 Å². The molecule has 0 aliphatic carbocycles. The van der Waals surface area contributed by atoms with Crippen LogP contribution < -0.4 is 5.11 Å². The fourth-order valence-electron chi connectivity index (χ4n) is 1.91. The molecule has 0 bridgehead atoms. The van der Waals surface area contributed by atoms with E-state index in [0.29, 0.717) is 4.68 Å². The minimum absolute atomic E-state index is 0.163. The second-order valence-corrected chi connectivity index (χ2v) is 4.71. The van der Waals surface area contributed by atoms with Crippen molar-refractivity contribution in [3.05, 3.63) is 51.8 Å². The monoisotopic (exact) mass is 335 g/mol. The number of rotatable bonds is 5. The highest BCUT2D eigenvalue weighted by Crippen LogP contribution is 2.34. The molecule has 0 aliphatic rings. The van der Waals surface area contributed by atoms with E-state index in [0.717, 1.165) is 0 Å². The summed E-state index contributed by atoms with van der Waals surface area (Å²) in [6.07, 6.45) is -6.20. The van der Waals surface area contributed by atoms with Crippen LogP contribution in [0.3, 0.4) is 0 Å². The summed E-state index contributed by atoms with van der Waals surface area (Å²) in [6, 6.07) is 5.26. The number of alkyl halides is 4. The topological polar surface area (TPSA) is 57.9 Å². The van der Waals surface area contributed by atoms with Gasteiger partial charge in [-0.1, -0.05) is 29.8 Å². The molecule has 2 aromatic rings. The number of carboxylic acid groups (broad SMARTS) is 1. The minimum Gasteiger partial charge on any atom is -0.545 e. The van der Waals surface area contributed by atoms with Gasteiger partial charge >= 0.3 is 0 Å². The number of carbonyl (C=O) groups excluding carboxylic acids is 1. The number of halogens is 5. The Kier molecular flexibility index (Phi) is 4.70. The fraction of sp³-hybridized carbons (Fsp3) is 0.231. The molecule has 1 aromatic carbocycles. The molecule has 2 rings (SSSR count). The molecule has 0 aliphatic heterocycles. The molecule has 22 heavy (non-hydrogen) atoms. The number of benzene rings is 1. The largest absolute Gasteiger partial charge is 0.545 e. The van der Waals surface area contributed by atoms with Gasteiger partial charge in [0.2, 0.25) is 0 Å². The van der Waals surface area contributed by atoms with Crippen LogP contribution in [0.5, 0.6) is 0 Å². The Labute approximate surface area is 126 Å². The van der Waals surface area contributed by atoms with Crippen molar-refractivity contribution in [1.29, 1.82) is 0 Å². The van der Waals surface area contributed by atoms with Gasteiger partial charge in [0.05, 0.1) is 17.5 Å². The Bertz CT molecular complexity index is 703. The van der Waals surface area contributed by atoms with Crippen molar-refractivity contribution >= 4 is 17.6 Å². The van der Waals surface area contributed by atoms with Gasteiger partial charge in [0.25, 0.3) is 12.9 Å². The molecule has 9 heteroatoms. The number of carbonyl (C=O) groups is 1. The quantitative estimate of drug-likeness (QED) is 0.789. The van der Waals surface area contributed by atoms with Crippen LogP contribution in [0.4, 0.5) is 17.6 Å². The molecule has 0 atom stereocenters. The zero-order valence-electron chi connectivity index (χ0n) is 10.8. The second kappa shape index (κ2) is 6.35. The smallest absolute Gasteiger partial charge is 0.283 e. The van der Waals surface area contributed by atoms with Crippen molar-refractivity contribution in [2.45, 2.75) is 19.4 Å². The SMILES string of the molecule is O=C([O-])c1cccc(Cn2nc(C(F)F)c(Cl)c2C(F)F)c1. The van der Waals surface area contributed by atoms with E-state index in [1.807, 2.05) is 0 Å². The van der Waals surface area contributed by atoms with E-state index in [1.165, 1.54) is 24.3 Å². The summed E-state index contributed by atoms with van der Waals surface area (Å²) in [7, 11) is 0. The van der Waals surface area contributed by atoms with Crippen LogP contribution >= 0.6 is 11.6 Å². The van der Waals surface area contributed by atoms with Crippen LogP contribution in [0.25, 0.3) is 0 Å². The van der Waals surface area contributed by atoms with Crippen molar-refractivity contribution < 1.29 is 27.5 Å². The van der Waals surface area contributed by atoms with Crippen molar-refractivity contribution in [3.63, 3.8) is 0 Å². The van der Waals surface area contributed by atoms with Crippen molar-refractivity contribution in [2.24, 2.45) is 0 Å². The van der Waals surface area contributed by atoms with Crippen LogP contribution in [-0.4, -0.2) is 15.7 Å². The summed E-state index contributed by atoms with van der Waals surface area (Å²) in [5, 5.41) is 13.4. The van der Waals surface area contributed by atoms with Crippen LogP contribution in [0, 0.1) is 0 Å². The fourth-order valence-corrected chi connectivity index (χ4v) is 2.21. The number of hydrogen-bond donors (Lipinski definition) is 0. The molecule has 1 heterocycles. The lowest BCUT2D eigenvalue weighted by Gasteiger charge is -2.09. The minimum atomic E-state index is -3.10. The lowest BCUT2D eigenvalue weighted by atomic mass is 10.1. The molecule has 0 N–H and O–H groups in total. The first-order valence-corrected chi connectivity index (χ1v) is 6.31. The van der Waals surface area contributed by atoms with E-state index in [9.17, 15) is 27.5 Å². The average molecular weight is 336 g/mol.